The second kappa shape index (κ2) is 15.2. The van der Waals surface area contributed by atoms with Gasteiger partial charge >= 0.3 is 54.1 Å². The fourth-order valence-corrected chi connectivity index (χ4v) is 3.13. The van der Waals surface area contributed by atoms with E-state index >= 15 is 0 Å². The summed E-state index contributed by atoms with van der Waals surface area (Å²) in [6, 6.07) is 28.1. The minimum atomic E-state index is 0. The molecule has 0 amide bonds. The molecule has 0 atom stereocenters. The zero-order chi connectivity index (χ0) is 17.0. The van der Waals surface area contributed by atoms with E-state index in [2.05, 4.69) is 53.1 Å². The third kappa shape index (κ3) is 8.21. The molecule has 3 heteroatoms. The number of fused-ring (bicyclic) bond motifs is 3. The van der Waals surface area contributed by atoms with Crippen LogP contribution in [-0.4, -0.2) is 3.71 Å². The Labute approximate surface area is 185 Å². The van der Waals surface area contributed by atoms with Crippen molar-refractivity contribution in [1.82, 2.24) is 0 Å². The van der Waals surface area contributed by atoms with Gasteiger partial charge in [0.05, 0.1) is 0 Å². The molecule has 26 heavy (non-hydrogen) atoms. The molecular formula is C23H24Cl2Zr-2. The second-order valence-corrected chi connectivity index (χ2v) is 6.71. The standard InChI is InChI=1S/C13H9.C5H5.C5H10.2ClH.Zr/c1-3-7-12-10(5-1)9-11-6-2-4-8-13(11)12;1-2-4-5-3-1;1-3-5-4-2;;;/h1-5,7-8H,9H2;1-5H;1H,3-5H2,2H3;2*1H;/q2*-1;;;;+2/p-2. The molecule has 4 rings (SSSR count). The first-order chi connectivity index (χ1) is 11.9. The van der Waals surface area contributed by atoms with Gasteiger partial charge in [0.1, 0.15) is 0 Å². The molecule has 0 radical (unpaired) electrons. The second-order valence-electron chi connectivity index (χ2n) is 5.70. The summed E-state index contributed by atoms with van der Waals surface area (Å²) in [6.45, 7) is 2.22. The van der Waals surface area contributed by atoms with Crippen LogP contribution in [0.3, 0.4) is 0 Å². The van der Waals surface area contributed by atoms with Crippen LogP contribution in [0.4, 0.5) is 0 Å². The van der Waals surface area contributed by atoms with Crippen molar-refractivity contribution in [1.29, 1.82) is 0 Å². The first-order valence-corrected chi connectivity index (χ1v) is 10.0. The number of halogens is 2. The van der Waals surface area contributed by atoms with Crippen LogP contribution >= 0.6 is 0 Å². The quantitative estimate of drug-likeness (QED) is 0.297. The molecule has 0 heterocycles. The van der Waals surface area contributed by atoms with Gasteiger partial charge in [0, 0.05) is 0 Å². The predicted molar refractivity (Wildman–Crippen MR) is 101 cm³/mol. The van der Waals surface area contributed by atoms with Gasteiger partial charge in [-0.1, -0.05) is 35.4 Å². The summed E-state index contributed by atoms with van der Waals surface area (Å²) in [5.41, 5.74) is 5.51. The monoisotopic (exact) mass is 460 g/mol. The van der Waals surface area contributed by atoms with Crippen molar-refractivity contribution in [3.05, 3.63) is 90.0 Å². The number of hydrogen-bond donors (Lipinski definition) is 0. The molecule has 0 saturated heterocycles. The molecule has 136 valence electrons. The maximum absolute atomic E-state index is 3.30. The maximum atomic E-state index is 3.30. The van der Waals surface area contributed by atoms with Gasteiger partial charge in [0.2, 0.25) is 0 Å². The van der Waals surface area contributed by atoms with Gasteiger partial charge < -0.3 is 24.8 Å². The summed E-state index contributed by atoms with van der Waals surface area (Å²) in [7, 11) is 0. The first-order valence-electron chi connectivity index (χ1n) is 8.60. The molecule has 0 spiro atoms. The maximum Gasteiger partial charge on any atom is -0.0253 e. The molecule has 0 bridgehead atoms. The van der Waals surface area contributed by atoms with Crippen LogP contribution in [0.15, 0.2) is 72.8 Å². The molecule has 1 aliphatic carbocycles. The zero-order valence-corrected chi connectivity index (χ0v) is 19.1. The average molecular weight is 463 g/mol. The Morgan fingerprint density at radius 3 is 2.27 bits per heavy atom. The number of rotatable bonds is 3. The van der Waals surface area contributed by atoms with Gasteiger partial charge in [-0.2, -0.15) is 48.0 Å². The molecule has 0 nitrogen and oxygen atoms in total. The van der Waals surface area contributed by atoms with E-state index in [1.54, 1.807) is 24.2 Å². The summed E-state index contributed by atoms with van der Waals surface area (Å²) in [5.74, 6) is 0. The molecule has 0 fully saturated rings. The van der Waals surface area contributed by atoms with Crippen molar-refractivity contribution in [3.8, 4) is 11.1 Å². The fraction of sp³-hybridized carbons (Fsp3) is 0.217. The topological polar surface area (TPSA) is 0 Å². The Morgan fingerprint density at radius 1 is 1.00 bits per heavy atom. The van der Waals surface area contributed by atoms with Crippen LogP contribution < -0.4 is 24.8 Å². The Morgan fingerprint density at radius 2 is 1.69 bits per heavy atom. The fourth-order valence-electron chi connectivity index (χ4n) is 2.62. The Balaban J connectivity index is 0.000000410. The Hall–Kier alpha value is -0.877. The van der Waals surface area contributed by atoms with E-state index in [1.165, 1.54) is 41.5 Å². The molecule has 3 aromatic rings. The van der Waals surface area contributed by atoms with E-state index in [0.717, 1.165) is 6.42 Å². The van der Waals surface area contributed by atoms with Crippen molar-refractivity contribution < 1.29 is 49.0 Å². The summed E-state index contributed by atoms with van der Waals surface area (Å²) in [6.07, 6.45) is 5.09. The minimum absolute atomic E-state index is 0. The Kier molecular flexibility index (Phi) is 14.7. The van der Waals surface area contributed by atoms with E-state index in [1.807, 2.05) is 36.4 Å². The number of benzene rings is 2. The van der Waals surface area contributed by atoms with Crippen LogP contribution in [-0.2, 0) is 30.7 Å². The van der Waals surface area contributed by atoms with E-state index in [9.17, 15) is 0 Å². The van der Waals surface area contributed by atoms with E-state index in [4.69, 9.17) is 0 Å². The van der Waals surface area contributed by atoms with E-state index in [-0.39, 0.29) is 24.8 Å². The van der Waals surface area contributed by atoms with Crippen LogP contribution in [0, 0.1) is 6.07 Å². The first kappa shape index (κ1) is 25.1. The predicted octanol–water partition coefficient (Wildman–Crippen LogP) is -0.00291. The van der Waals surface area contributed by atoms with E-state index in [0.29, 0.717) is 0 Å². The van der Waals surface area contributed by atoms with Crippen molar-refractivity contribution in [2.24, 2.45) is 0 Å². The minimum Gasteiger partial charge on any atom is -1.00 e. The molecular weight excluding hydrogens is 438 g/mol. The van der Waals surface area contributed by atoms with Crippen LogP contribution in [0.5, 0.6) is 0 Å². The third-order valence-electron chi connectivity index (χ3n) is 3.87. The molecule has 0 aliphatic heterocycles. The molecule has 0 saturated carbocycles. The van der Waals surface area contributed by atoms with Crippen LogP contribution in [0.2, 0.25) is 0 Å². The number of hydrogen-bond acceptors (Lipinski definition) is 0. The van der Waals surface area contributed by atoms with Gasteiger partial charge in [-0.25, -0.2) is 12.1 Å². The van der Waals surface area contributed by atoms with Crippen molar-refractivity contribution in [2.75, 3.05) is 0 Å². The van der Waals surface area contributed by atoms with Gasteiger partial charge in [-0.05, 0) is 6.42 Å². The molecule has 1 aliphatic rings. The van der Waals surface area contributed by atoms with Gasteiger partial charge in [0.15, 0.2) is 0 Å². The summed E-state index contributed by atoms with van der Waals surface area (Å²) < 4.78 is 2.30. The largest absolute Gasteiger partial charge is 1.00 e. The average Bonchev–Trinajstić information content (AvgIpc) is 3.31. The summed E-state index contributed by atoms with van der Waals surface area (Å²) in [5, 5.41) is 0. The van der Waals surface area contributed by atoms with Gasteiger partial charge in [-0.3, -0.25) is 0 Å². The zero-order valence-electron chi connectivity index (χ0n) is 15.1. The third-order valence-corrected chi connectivity index (χ3v) is 4.58. The molecule has 0 aromatic heterocycles. The summed E-state index contributed by atoms with van der Waals surface area (Å²) in [4.78, 5) is 0. The smallest absolute Gasteiger partial charge is 0.0253 e. The van der Waals surface area contributed by atoms with Gasteiger partial charge in [0.25, 0.3) is 0 Å². The number of unbranched alkanes of at least 4 members (excludes halogenated alkanes) is 2. The summed E-state index contributed by atoms with van der Waals surface area (Å²) >= 11 is 1.57. The van der Waals surface area contributed by atoms with Crippen LogP contribution in [0.1, 0.15) is 37.3 Å². The normalized spacial score (nSPS) is 9.65. The SMILES string of the molecule is CCCC[CH]=[Zr+2].[Cl-].[Cl-].[c-]1cccc2c1Cc1ccccc1-2.c1cc[cH-]c1. The van der Waals surface area contributed by atoms with Crippen LogP contribution in [0.25, 0.3) is 11.1 Å². The van der Waals surface area contributed by atoms with E-state index < -0.39 is 0 Å². The van der Waals surface area contributed by atoms with Crippen molar-refractivity contribution in [3.63, 3.8) is 0 Å². The van der Waals surface area contributed by atoms with Gasteiger partial charge in [-0.15, -0.1) is 5.56 Å². The molecule has 3 aromatic carbocycles. The molecule has 0 unspecified atom stereocenters. The molecule has 0 N–H and O–H groups in total. The Bertz CT molecular complexity index is 660. The van der Waals surface area contributed by atoms with Crippen molar-refractivity contribution in [2.45, 2.75) is 32.6 Å². The van der Waals surface area contributed by atoms with Crippen molar-refractivity contribution >= 4 is 3.71 Å².